The van der Waals surface area contributed by atoms with Crippen LogP contribution in [0.15, 0.2) is 23.1 Å². The Hall–Kier alpha value is -1.58. The molecule has 0 spiro atoms. The van der Waals surface area contributed by atoms with E-state index in [-0.39, 0.29) is 16.5 Å². The van der Waals surface area contributed by atoms with Gasteiger partial charge in [0.05, 0.1) is 5.56 Å². The molecule has 1 fully saturated rings. The number of sulfonamides is 1. The normalized spacial score (nSPS) is 23.0. The smallest absolute Gasteiger partial charge is 0.244 e. The van der Waals surface area contributed by atoms with Crippen LogP contribution in [-0.4, -0.2) is 25.8 Å². The molecule has 0 aliphatic heterocycles. The van der Waals surface area contributed by atoms with Gasteiger partial charge >= 0.3 is 0 Å². The van der Waals surface area contributed by atoms with Gasteiger partial charge in [0, 0.05) is 18.8 Å². The molecule has 2 rings (SSSR count). The third-order valence-corrected chi connectivity index (χ3v) is 6.25. The van der Waals surface area contributed by atoms with Gasteiger partial charge in [0.25, 0.3) is 0 Å². The Bertz CT molecular complexity index is 656. The van der Waals surface area contributed by atoms with Gasteiger partial charge in [-0.05, 0) is 49.8 Å². The van der Waals surface area contributed by atoms with Crippen molar-refractivity contribution in [2.45, 2.75) is 43.5 Å². The van der Waals surface area contributed by atoms with E-state index in [4.69, 9.17) is 11.0 Å². The number of benzene rings is 1. The summed E-state index contributed by atoms with van der Waals surface area (Å²) in [6.45, 7) is 2.19. The highest BCUT2D eigenvalue weighted by molar-refractivity contribution is 7.89. The summed E-state index contributed by atoms with van der Waals surface area (Å²) < 4.78 is 26.9. The maximum Gasteiger partial charge on any atom is 0.244 e. The molecule has 5 nitrogen and oxygen atoms in total. The summed E-state index contributed by atoms with van der Waals surface area (Å²) in [6.07, 6.45) is 3.82. The second kappa shape index (κ2) is 6.04. The Morgan fingerprint density at radius 3 is 2.48 bits per heavy atom. The molecule has 1 saturated carbocycles. The largest absolute Gasteiger partial charge is 0.399 e. The Morgan fingerprint density at radius 2 is 1.90 bits per heavy atom. The average Bonchev–Trinajstić information content (AvgIpc) is 2.46. The topological polar surface area (TPSA) is 87.2 Å². The first kappa shape index (κ1) is 15.8. The maximum absolute atomic E-state index is 12.7. The number of hydrogen-bond acceptors (Lipinski definition) is 4. The van der Waals surface area contributed by atoms with Crippen LogP contribution in [0.2, 0.25) is 0 Å². The fourth-order valence-corrected chi connectivity index (χ4v) is 4.35. The van der Waals surface area contributed by atoms with Crippen LogP contribution in [0.4, 0.5) is 5.69 Å². The second-order valence-electron chi connectivity index (χ2n) is 5.80. The number of nitrogens with zero attached hydrogens (tertiary/aromatic N) is 2. The Balaban J connectivity index is 2.32. The first-order valence-electron chi connectivity index (χ1n) is 7.14. The highest BCUT2D eigenvalue weighted by atomic mass is 32.2. The zero-order valence-corrected chi connectivity index (χ0v) is 13.2. The third kappa shape index (κ3) is 3.20. The van der Waals surface area contributed by atoms with E-state index in [2.05, 4.69) is 6.92 Å². The molecule has 0 atom stereocenters. The Morgan fingerprint density at radius 1 is 1.29 bits per heavy atom. The molecule has 1 aromatic rings. The molecule has 114 valence electrons. The van der Waals surface area contributed by atoms with Crippen molar-refractivity contribution in [3.05, 3.63) is 23.8 Å². The van der Waals surface area contributed by atoms with Gasteiger partial charge < -0.3 is 5.73 Å². The number of rotatable bonds is 3. The van der Waals surface area contributed by atoms with Gasteiger partial charge in [0.15, 0.2) is 0 Å². The van der Waals surface area contributed by atoms with E-state index in [9.17, 15) is 8.42 Å². The van der Waals surface area contributed by atoms with Gasteiger partial charge in [-0.2, -0.15) is 9.57 Å². The van der Waals surface area contributed by atoms with Gasteiger partial charge in [0.1, 0.15) is 11.0 Å². The quantitative estimate of drug-likeness (QED) is 0.868. The summed E-state index contributed by atoms with van der Waals surface area (Å²) in [5.74, 6) is 0.656. The lowest BCUT2D eigenvalue weighted by Crippen LogP contribution is -2.39. The van der Waals surface area contributed by atoms with Crippen molar-refractivity contribution < 1.29 is 8.42 Å². The highest BCUT2D eigenvalue weighted by Crippen LogP contribution is 2.30. The molecule has 1 aliphatic rings. The first-order valence-corrected chi connectivity index (χ1v) is 8.58. The van der Waals surface area contributed by atoms with Crippen LogP contribution in [0.1, 0.15) is 38.2 Å². The van der Waals surface area contributed by atoms with Crippen molar-refractivity contribution in [2.75, 3.05) is 12.8 Å². The van der Waals surface area contributed by atoms with Crippen LogP contribution in [0.3, 0.4) is 0 Å². The predicted molar refractivity (Wildman–Crippen MR) is 81.9 cm³/mol. The average molecular weight is 307 g/mol. The minimum atomic E-state index is -3.66. The van der Waals surface area contributed by atoms with E-state index in [0.29, 0.717) is 11.6 Å². The zero-order valence-electron chi connectivity index (χ0n) is 12.4. The van der Waals surface area contributed by atoms with E-state index in [0.717, 1.165) is 25.7 Å². The van der Waals surface area contributed by atoms with Gasteiger partial charge in [-0.1, -0.05) is 6.92 Å². The monoisotopic (exact) mass is 307 g/mol. The number of anilines is 1. The third-order valence-electron chi connectivity index (χ3n) is 4.28. The highest BCUT2D eigenvalue weighted by Gasteiger charge is 2.32. The van der Waals surface area contributed by atoms with Gasteiger partial charge in [-0.3, -0.25) is 0 Å². The van der Waals surface area contributed by atoms with Crippen LogP contribution < -0.4 is 5.73 Å². The summed E-state index contributed by atoms with van der Waals surface area (Å²) >= 11 is 0. The lowest BCUT2D eigenvalue weighted by Gasteiger charge is -2.33. The summed E-state index contributed by atoms with van der Waals surface area (Å²) in [4.78, 5) is 0.0420. The lowest BCUT2D eigenvalue weighted by molar-refractivity contribution is 0.246. The van der Waals surface area contributed by atoms with Crippen LogP contribution in [-0.2, 0) is 10.0 Å². The minimum absolute atomic E-state index is 0.00953. The summed E-state index contributed by atoms with van der Waals surface area (Å²) in [6, 6.07) is 6.28. The molecular formula is C15H21N3O2S. The molecule has 0 amide bonds. The Kier molecular flexibility index (Phi) is 4.55. The molecule has 0 saturated heterocycles. The molecule has 1 aliphatic carbocycles. The fourth-order valence-electron chi connectivity index (χ4n) is 2.82. The van der Waals surface area contributed by atoms with E-state index in [1.165, 1.54) is 22.5 Å². The molecule has 1 aromatic carbocycles. The lowest BCUT2D eigenvalue weighted by atomic mass is 9.87. The molecule has 0 aromatic heterocycles. The van der Waals surface area contributed by atoms with Crippen molar-refractivity contribution in [1.29, 1.82) is 5.26 Å². The van der Waals surface area contributed by atoms with E-state index in [1.54, 1.807) is 7.05 Å². The standard InChI is InChI=1S/C15H21N3O2S/c1-11-3-6-14(7-4-11)18(2)21(19,20)15-8-5-13(17)9-12(15)10-16/h5,8-9,11,14H,3-4,6-7,17H2,1-2H3. The first-order chi connectivity index (χ1) is 9.86. The van der Waals surface area contributed by atoms with Crippen LogP contribution >= 0.6 is 0 Å². The zero-order chi connectivity index (χ0) is 15.6. The van der Waals surface area contributed by atoms with Crippen molar-refractivity contribution in [1.82, 2.24) is 4.31 Å². The number of nitriles is 1. The number of nitrogens with two attached hydrogens (primary N) is 1. The van der Waals surface area contributed by atoms with Gasteiger partial charge in [0.2, 0.25) is 10.0 Å². The molecule has 6 heteroatoms. The van der Waals surface area contributed by atoms with Crippen LogP contribution in [0.5, 0.6) is 0 Å². The van der Waals surface area contributed by atoms with Gasteiger partial charge in [-0.15, -0.1) is 0 Å². The molecule has 2 N–H and O–H groups in total. The van der Waals surface area contributed by atoms with E-state index >= 15 is 0 Å². The van der Waals surface area contributed by atoms with Crippen molar-refractivity contribution in [3.8, 4) is 6.07 Å². The van der Waals surface area contributed by atoms with Crippen LogP contribution in [0, 0.1) is 17.2 Å². The SMILES string of the molecule is CC1CCC(N(C)S(=O)(=O)c2ccc(N)cc2C#N)CC1. The molecule has 0 bridgehead atoms. The molecule has 21 heavy (non-hydrogen) atoms. The minimum Gasteiger partial charge on any atom is -0.399 e. The Labute approximate surface area is 126 Å². The second-order valence-corrected chi connectivity index (χ2v) is 7.77. The summed E-state index contributed by atoms with van der Waals surface area (Å²) in [5, 5.41) is 9.14. The van der Waals surface area contributed by atoms with Crippen molar-refractivity contribution in [3.63, 3.8) is 0 Å². The van der Waals surface area contributed by atoms with E-state index < -0.39 is 10.0 Å². The molecule has 0 unspecified atom stereocenters. The number of hydrogen-bond donors (Lipinski definition) is 1. The predicted octanol–water partition coefficient (Wildman–Crippen LogP) is 2.34. The van der Waals surface area contributed by atoms with Crippen molar-refractivity contribution in [2.24, 2.45) is 5.92 Å². The van der Waals surface area contributed by atoms with Gasteiger partial charge in [-0.25, -0.2) is 8.42 Å². The van der Waals surface area contributed by atoms with Crippen molar-refractivity contribution >= 4 is 15.7 Å². The maximum atomic E-state index is 12.7. The summed E-state index contributed by atoms with van der Waals surface area (Å²) in [7, 11) is -2.06. The molecule has 0 radical (unpaired) electrons. The molecule has 0 heterocycles. The number of nitrogen functional groups attached to an aromatic ring is 1. The summed E-state index contributed by atoms with van der Waals surface area (Å²) in [5.41, 5.74) is 6.11. The molecular weight excluding hydrogens is 286 g/mol. The fraction of sp³-hybridized carbons (Fsp3) is 0.533. The van der Waals surface area contributed by atoms with E-state index in [1.807, 2.05) is 6.07 Å². The van der Waals surface area contributed by atoms with Crippen LogP contribution in [0.25, 0.3) is 0 Å².